The van der Waals surface area contributed by atoms with E-state index in [-0.39, 0.29) is 5.91 Å². The quantitative estimate of drug-likeness (QED) is 0.668. The third-order valence-corrected chi connectivity index (χ3v) is 3.87. The van der Waals surface area contributed by atoms with Gasteiger partial charge in [0.2, 0.25) is 5.91 Å². The average Bonchev–Trinajstić information content (AvgIpc) is 2.92. The molecule has 1 amide bonds. The van der Waals surface area contributed by atoms with Crippen LogP contribution in [0.25, 0.3) is 0 Å². The molecule has 1 saturated carbocycles. The summed E-state index contributed by atoms with van der Waals surface area (Å²) in [5.41, 5.74) is 5.31. The summed E-state index contributed by atoms with van der Waals surface area (Å²) in [6, 6.07) is 0. The van der Waals surface area contributed by atoms with Gasteiger partial charge in [-0.15, -0.1) is 0 Å². The molecule has 0 atom stereocenters. The number of thioether (sulfide) groups is 1. The highest BCUT2D eigenvalue weighted by Gasteiger charge is 2.41. The predicted octanol–water partition coefficient (Wildman–Crippen LogP) is 0.737. The highest BCUT2D eigenvalue weighted by atomic mass is 32.2. The fraction of sp³-hybridized carbons (Fsp3) is 0.889. The van der Waals surface area contributed by atoms with Gasteiger partial charge in [-0.25, -0.2) is 0 Å². The molecule has 4 heteroatoms. The minimum absolute atomic E-state index is 0.144. The largest absolute Gasteiger partial charge is 0.355 e. The molecular formula is C9H18N2OS. The Kier molecular flexibility index (Phi) is 4.06. The van der Waals surface area contributed by atoms with Gasteiger partial charge < -0.3 is 11.1 Å². The van der Waals surface area contributed by atoms with Gasteiger partial charge in [0.15, 0.2) is 0 Å². The molecule has 0 heterocycles. The Morgan fingerprint density at radius 3 is 2.77 bits per heavy atom. The molecule has 0 radical (unpaired) electrons. The van der Waals surface area contributed by atoms with Gasteiger partial charge in [0.05, 0.1) is 0 Å². The monoisotopic (exact) mass is 202 g/mol. The molecule has 0 aromatic heterocycles. The first-order chi connectivity index (χ1) is 6.22. The Morgan fingerprint density at radius 1 is 1.62 bits per heavy atom. The van der Waals surface area contributed by atoms with E-state index in [2.05, 4.69) is 11.6 Å². The SMILES string of the molecule is CSC1(CNC(=O)CCCN)CC1. The number of nitrogens with two attached hydrogens (primary N) is 1. The topological polar surface area (TPSA) is 55.1 Å². The molecule has 0 unspecified atom stereocenters. The molecule has 3 nitrogen and oxygen atoms in total. The van der Waals surface area contributed by atoms with Crippen LogP contribution >= 0.6 is 11.8 Å². The van der Waals surface area contributed by atoms with Gasteiger partial charge in [-0.3, -0.25) is 4.79 Å². The first kappa shape index (κ1) is 10.9. The minimum atomic E-state index is 0.144. The summed E-state index contributed by atoms with van der Waals surface area (Å²) in [4.78, 5) is 11.2. The predicted molar refractivity (Wildman–Crippen MR) is 56.8 cm³/mol. The average molecular weight is 202 g/mol. The van der Waals surface area contributed by atoms with Crippen molar-refractivity contribution in [3.05, 3.63) is 0 Å². The van der Waals surface area contributed by atoms with Crippen molar-refractivity contribution < 1.29 is 4.79 Å². The fourth-order valence-electron chi connectivity index (χ4n) is 1.20. The van der Waals surface area contributed by atoms with E-state index < -0.39 is 0 Å². The smallest absolute Gasteiger partial charge is 0.220 e. The standard InChI is InChI=1S/C9H18N2OS/c1-13-9(4-5-9)7-11-8(12)3-2-6-10/h2-7,10H2,1H3,(H,11,12). The van der Waals surface area contributed by atoms with Crippen molar-refractivity contribution in [3.8, 4) is 0 Å². The van der Waals surface area contributed by atoms with Crippen molar-refractivity contribution in [2.45, 2.75) is 30.4 Å². The Labute approximate surface area is 83.8 Å². The maximum absolute atomic E-state index is 11.2. The van der Waals surface area contributed by atoms with Gasteiger partial charge in [0.25, 0.3) is 0 Å². The van der Waals surface area contributed by atoms with Crippen LogP contribution in [-0.2, 0) is 4.79 Å². The molecule has 0 aromatic rings. The molecule has 1 aliphatic carbocycles. The van der Waals surface area contributed by atoms with Crippen LogP contribution in [0.5, 0.6) is 0 Å². The van der Waals surface area contributed by atoms with Gasteiger partial charge in [-0.2, -0.15) is 11.8 Å². The van der Waals surface area contributed by atoms with Crippen LogP contribution in [-0.4, -0.2) is 30.0 Å². The lowest BCUT2D eigenvalue weighted by molar-refractivity contribution is -0.121. The van der Waals surface area contributed by atoms with Crippen LogP contribution in [0.3, 0.4) is 0 Å². The summed E-state index contributed by atoms with van der Waals surface area (Å²) >= 11 is 1.86. The zero-order valence-corrected chi connectivity index (χ0v) is 8.95. The van der Waals surface area contributed by atoms with Crippen molar-refractivity contribution in [2.75, 3.05) is 19.3 Å². The zero-order chi connectivity index (χ0) is 9.73. The molecule has 0 bridgehead atoms. The van der Waals surface area contributed by atoms with Gasteiger partial charge >= 0.3 is 0 Å². The van der Waals surface area contributed by atoms with E-state index in [0.29, 0.717) is 17.7 Å². The molecule has 1 rings (SSSR count). The third-order valence-electron chi connectivity index (χ3n) is 2.46. The van der Waals surface area contributed by atoms with E-state index in [0.717, 1.165) is 13.0 Å². The molecule has 0 spiro atoms. The summed E-state index contributed by atoms with van der Waals surface area (Å²) in [5.74, 6) is 0.144. The lowest BCUT2D eigenvalue weighted by Crippen LogP contribution is -2.31. The fourth-order valence-corrected chi connectivity index (χ4v) is 1.93. The maximum Gasteiger partial charge on any atom is 0.220 e. The Morgan fingerprint density at radius 2 is 2.31 bits per heavy atom. The molecule has 76 valence electrons. The summed E-state index contributed by atoms with van der Waals surface area (Å²) < 4.78 is 0.373. The number of hydrogen-bond acceptors (Lipinski definition) is 3. The highest BCUT2D eigenvalue weighted by Crippen LogP contribution is 2.46. The van der Waals surface area contributed by atoms with Crippen LogP contribution in [0.1, 0.15) is 25.7 Å². The molecule has 3 N–H and O–H groups in total. The Bertz CT molecular complexity index is 180. The number of rotatable bonds is 6. The maximum atomic E-state index is 11.2. The third kappa shape index (κ3) is 3.56. The molecule has 13 heavy (non-hydrogen) atoms. The molecule has 0 aromatic carbocycles. The summed E-state index contributed by atoms with van der Waals surface area (Å²) in [5, 5.41) is 2.96. The Hall–Kier alpha value is -0.220. The molecule has 0 saturated heterocycles. The van der Waals surface area contributed by atoms with E-state index in [1.54, 1.807) is 0 Å². The van der Waals surface area contributed by atoms with Gasteiger partial charge in [-0.1, -0.05) is 0 Å². The normalized spacial score (nSPS) is 18.3. The number of amides is 1. The number of hydrogen-bond donors (Lipinski definition) is 2. The second kappa shape index (κ2) is 4.86. The van der Waals surface area contributed by atoms with Crippen molar-refractivity contribution in [1.82, 2.24) is 5.32 Å². The van der Waals surface area contributed by atoms with Crippen LogP contribution in [0.2, 0.25) is 0 Å². The summed E-state index contributed by atoms with van der Waals surface area (Å²) in [6.07, 6.45) is 5.95. The van der Waals surface area contributed by atoms with Crippen molar-refractivity contribution in [3.63, 3.8) is 0 Å². The van der Waals surface area contributed by atoms with Crippen LogP contribution in [0.15, 0.2) is 0 Å². The van der Waals surface area contributed by atoms with Gasteiger partial charge in [0, 0.05) is 17.7 Å². The van der Waals surface area contributed by atoms with Crippen LogP contribution in [0.4, 0.5) is 0 Å². The van der Waals surface area contributed by atoms with E-state index in [4.69, 9.17) is 5.73 Å². The first-order valence-electron chi connectivity index (χ1n) is 4.74. The highest BCUT2D eigenvalue weighted by molar-refractivity contribution is 8.00. The minimum Gasteiger partial charge on any atom is -0.355 e. The van der Waals surface area contributed by atoms with Gasteiger partial charge in [-0.05, 0) is 32.1 Å². The van der Waals surface area contributed by atoms with E-state index in [1.165, 1.54) is 12.8 Å². The van der Waals surface area contributed by atoms with Crippen molar-refractivity contribution >= 4 is 17.7 Å². The number of nitrogens with one attached hydrogen (secondary N) is 1. The second-order valence-corrected chi connectivity index (χ2v) is 4.83. The second-order valence-electron chi connectivity index (χ2n) is 3.56. The van der Waals surface area contributed by atoms with E-state index in [9.17, 15) is 4.79 Å². The lowest BCUT2D eigenvalue weighted by atomic mass is 10.3. The first-order valence-corrected chi connectivity index (χ1v) is 5.97. The Balaban J connectivity index is 2.08. The summed E-state index contributed by atoms with van der Waals surface area (Å²) in [7, 11) is 0. The van der Waals surface area contributed by atoms with E-state index in [1.807, 2.05) is 11.8 Å². The van der Waals surface area contributed by atoms with Crippen LogP contribution in [0, 0.1) is 0 Å². The van der Waals surface area contributed by atoms with Crippen molar-refractivity contribution in [1.29, 1.82) is 0 Å². The molecular weight excluding hydrogens is 184 g/mol. The number of carbonyl (C=O) groups is 1. The molecule has 1 aliphatic rings. The number of carbonyl (C=O) groups excluding carboxylic acids is 1. The van der Waals surface area contributed by atoms with Gasteiger partial charge in [0.1, 0.15) is 0 Å². The van der Waals surface area contributed by atoms with Crippen molar-refractivity contribution in [2.24, 2.45) is 5.73 Å². The lowest BCUT2D eigenvalue weighted by Gasteiger charge is -2.12. The van der Waals surface area contributed by atoms with Crippen LogP contribution < -0.4 is 11.1 Å². The summed E-state index contributed by atoms with van der Waals surface area (Å²) in [6.45, 7) is 1.43. The van der Waals surface area contributed by atoms with E-state index >= 15 is 0 Å². The molecule has 1 fully saturated rings. The molecule has 0 aliphatic heterocycles. The zero-order valence-electron chi connectivity index (χ0n) is 8.14.